The van der Waals surface area contributed by atoms with E-state index in [1.807, 2.05) is 0 Å². The maximum Gasteiger partial charge on any atom is 0.238 e. The van der Waals surface area contributed by atoms with Crippen molar-refractivity contribution >= 4 is 23.1 Å². The van der Waals surface area contributed by atoms with E-state index in [1.165, 1.54) is 6.42 Å². The molecule has 1 atom stereocenters. The van der Waals surface area contributed by atoms with Crippen LogP contribution in [0.15, 0.2) is 6.20 Å². The summed E-state index contributed by atoms with van der Waals surface area (Å²) >= 11 is 6.00. The van der Waals surface area contributed by atoms with Crippen molar-refractivity contribution in [3.05, 3.63) is 17.2 Å². The van der Waals surface area contributed by atoms with E-state index in [0.29, 0.717) is 24.1 Å². The Bertz CT molecular complexity index is 639. The number of nitrogens with zero attached hydrogens (tertiary/aromatic N) is 4. The van der Waals surface area contributed by atoms with Gasteiger partial charge < -0.3 is 10.5 Å². The first-order chi connectivity index (χ1) is 10.6. The third-order valence-electron chi connectivity index (χ3n) is 3.97. The molecule has 2 aromatic heterocycles. The van der Waals surface area contributed by atoms with Gasteiger partial charge >= 0.3 is 0 Å². The van der Waals surface area contributed by atoms with Crippen LogP contribution in [0.2, 0.25) is 5.15 Å². The van der Waals surface area contributed by atoms with Crippen molar-refractivity contribution in [2.75, 3.05) is 18.9 Å². The maximum absolute atomic E-state index is 12.1. The molecule has 22 heavy (non-hydrogen) atoms. The third-order valence-corrected chi connectivity index (χ3v) is 4.24. The third kappa shape index (κ3) is 3.30. The number of halogens is 2. The first kappa shape index (κ1) is 15.4. The van der Waals surface area contributed by atoms with Gasteiger partial charge in [-0.3, -0.25) is 0 Å². The second-order valence-electron chi connectivity index (χ2n) is 5.62. The molecule has 1 unspecified atom stereocenters. The molecule has 1 aliphatic heterocycles. The lowest BCUT2D eigenvalue weighted by Crippen LogP contribution is -2.17. The molecule has 1 saturated carbocycles. The molecule has 4 rings (SSSR count). The topological polar surface area (TPSA) is 78.3 Å². The summed E-state index contributed by atoms with van der Waals surface area (Å²) in [5.41, 5.74) is 6.28. The number of nitrogens with two attached hydrogens (primary N) is 1. The summed E-state index contributed by atoms with van der Waals surface area (Å²) in [7, 11) is 0. The number of imidazole rings is 1. The molecular formula is C14H19ClFN5O. The largest absolute Gasteiger partial charge is 0.378 e. The Hall–Kier alpha value is -1.47. The molecule has 2 N–H and O–H groups in total. The minimum absolute atomic E-state index is 0.247. The molecule has 0 spiro atoms. The first-order valence-corrected chi connectivity index (χ1v) is 7.91. The Labute approximate surface area is 132 Å². The van der Waals surface area contributed by atoms with Gasteiger partial charge in [-0.1, -0.05) is 18.0 Å². The van der Waals surface area contributed by atoms with E-state index in [4.69, 9.17) is 22.1 Å². The Kier molecular flexibility index (Phi) is 4.73. The van der Waals surface area contributed by atoms with E-state index in [0.717, 1.165) is 37.2 Å². The Balaban J connectivity index is 0.000000174. The molecule has 1 saturated heterocycles. The van der Waals surface area contributed by atoms with Crippen LogP contribution in [0, 0.1) is 0 Å². The maximum atomic E-state index is 12.1. The summed E-state index contributed by atoms with van der Waals surface area (Å²) in [5, 5.41) is 4.59. The van der Waals surface area contributed by atoms with Crippen LogP contribution < -0.4 is 5.73 Å². The molecule has 120 valence electrons. The lowest BCUT2D eigenvalue weighted by molar-refractivity contribution is 0.0366. The van der Waals surface area contributed by atoms with Crippen molar-refractivity contribution in [3.8, 4) is 0 Å². The molecule has 1 aliphatic carbocycles. The Morgan fingerprint density at radius 3 is 2.68 bits per heavy atom. The van der Waals surface area contributed by atoms with Crippen LogP contribution in [0.5, 0.6) is 0 Å². The fourth-order valence-corrected chi connectivity index (χ4v) is 2.73. The van der Waals surface area contributed by atoms with Crippen LogP contribution in [-0.4, -0.2) is 39.0 Å². The van der Waals surface area contributed by atoms with Crippen molar-refractivity contribution in [2.24, 2.45) is 0 Å². The predicted molar refractivity (Wildman–Crippen MR) is 81.7 cm³/mol. The predicted octanol–water partition coefficient (Wildman–Crippen LogP) is 2.76. The first-order valence-electron chi connectivity index (χ1n) is 7.53. The number of alkyl halides is 1. The second-order valence-corrected chi connectivity index (χ2v) is 5.97. The molecule has 3 heterocycles. The van der Waals surface area contributed by atoms with Crippen molar-refractivity contribution in [1.82, 2.24) is 19.6 Å². The van der Waals surface area contributed by atoms with E-state index in [2.05, 4.69) is 15.1 Å². The molecule has 8 heteroatoms. The average Bonchev–Trinajstić information content (AvgIpc) is 2.75. The van der Waals surface area contributed by atoms with Gasteiger partial charge in [0.2, 0.25) is 5.95 Å². The van der Waals surface area contributed by atoms with Gasteiger partial charge in [0.15, 0.2) is 5.15 Å². The van der Waals surface area contributed by atoms with Crippen molar-refractivity contribution in [2.45, 2.75) is 44.2 Å². The number of anilines is 1. The minimum Gasteiger partial charge on any atom is -0.378 e. The van der Waals surface area contributed by atoms with E-state index in [1.54, 1.807) is 10.7 Å². The lowest BCUT2D eigenvalue weighted by atomic mass is 9.85. The number of aromatic nitrogens is 4. The fraction of sp³-hybridized carbons (Fsp3) is 0.643. The zero-order valence-electron chi connectivity index (χ0n) is 12.2. The van der Waals surface area contributed by atoms with Crippen LogP contribution in [0.4, 0.5) is 10.3 Å². The van der Waals surface area contributed by atoms with Crippen molar-refractivity contribution < 1.29 is 9.13 Å². The van der Waals surface area contributed by atoms with Gasteiger partial charge in [0, 0.05) is 12.5 Å². The van der Waals surface area contributed by atoms with Gasteiger partial charge in [-0.2, -0.15) is 0 Å². The standard InChI is InChI=1S/C9H10ClN5.C5H9FO/c10-7-6-4-12-9(11)14-15(6)8(13-7)5-2-1-3-5;6-5-2-1-3-7-4-5/h4-5H,1-3H2,(H2,11,14);5H,1-4H2. The number of hydrogen-bond acceptors (Lipinski definition) is 5. The highest BCUT2D eigenvalue weighted by Gasteiger charge is 2.26. The minimum atomic E-state index is -0.686. The molecule has 6 nitrogen and oxygen atoms in total. The number of nitrogen functional groups attached to an aromatic ring is 1. The van der Waals surface area contributed by atoms with Gasteiger partial charge in [0.05, 0.1) is 12.8 Å². The van der Waals surface area contributed by atoms with E-state index in [9.17, 15) is 4.39 Å². The average molecular weight is 328 g/mol. The highest BCUT2D eigenvalue weighted by Crippen LogP contribution is 2.36. The van der Waals surface area contributed by atoms with E-state index in [-0.39, 0.29) is 5.95 Å². The number of ether oxygens (including phenoxy) is 1. The van der Waals surface area contributed by atoms with Gasteiger partial charge in [-0.05, 0) is 25.7 Å². The lowest BCUT2D eigenvalue weighted by Gasteiger charge is -2.23. The van der Waals surface area contributed by atoms with E-state index < -0.39 is 6.17 Å². The van der Waals surface area contributed by atoms with Crippen LogP contribution >= 0.6 is 11.6 Å². The summed E-state index contributed by atoms with van der Waals surface area (Å²) < 4.78 is 18.6. The second kappa shape index (κ2) is 6.75. The SMILES string of the molecule is FC1CCCOC1.Nc1ncc2c(Cl)nc(C3CCC3)n2n1. The van der Waals surface area contributed by atoms with E-state index >= 15 is 0 Å². The normalized spacial score (nSPS) is 22.0. The van der Waals surface area contributed by atoms with Crippen molar-refractivity contribution in [1.29, 1.82) is 0 Å². The molecule has 2 aliphatic rings. The monoisotopic (exact) mass is 327 g/mol. The zero-order valence-corrected chi connectivity index (χ0v) is 13.0. The number of rotatable bonds is 1. The summed E-state index contributed by atoms with van der Waals surface area (Å²) in [4.78, 5) is 8.23. The number of hydrogen-bond donors (Lipinski definition) is 1. The summed E-state index contributed by atoms with van der Waals surface area (Å²) in [5.74, 6) is 1.63. The van der Waals surface area contributed by atoms with Crippen LogP contribution in [0.1, 0.15) is 43.8 Å². The molecule has 0 radical (unpaired) electrons. The summed E-state index contributed by atoms with van der Waals surface area (Å²) in [6.07, 6.45) is 6.06. The number of fused-ring (bicyclic) bond motifs is 1. The fourth-order valence-electron chi connectivity index (χ4n) is 2.52. The highest BCUT2D eigenvalue weighted by atomic mass is 35.5. The van der Waals surface area contributed by atoms with Gasteiger partial charge in [0.25, 0.3) is 0 Å². The van der Waals surface area contributed by atoms with Crippen LogP contribution in [-0.2, 0) is 4.74 Å². The highest BCUT2D eigenvalue weighted by molar-refractivity contribution is 6.32. The molecule has 0 aromatic carbocycles. The van der Waals surface area contributed by atoms with Gasteiger partial charge in [-0.25, -0.2) is 18.9 Å². The smallest absolute Gasteiger partial charge is 0.238 e. The molecule has 0 amide bonds. The zero-order chi connectivity index (χ0) is 15.5. The summed E-state index contributed by atoms with van der Waals surface area (Å²) in [6.45, 7) is 1.07. The van der Waals surface area contributed by atoms with Crippen LogP contribution in [0.25, 0.3) is 5.52 Å². The molecule has 2 fully saturated rings. The van der Waals surface area contributed by atoms with Gasteiger partial charge in [-0.15, -0.1) is 5.10 Å². The summed E-state index contributed by atoms with van der Waals surface area (Å²) in [6, 6.07) is 0. The molecular weight excluding hydrogens is 309 g/mol. The quantitative estimate of drug-likeness (QED) is 0.871. The molecule has 0 bridgehead atoms. The van der Waals surface area contributed by atoms with Crippen molar-refractivity contribution in [3.63, 3.8) is 0 Å². The Morgan fingerprint density at radius 2 is 2.14 bits per heavy atom. The molecule has 2 aromatic rings. The Morgan fingerprint density at radius 1 is 1.32 bits per heavy atom. The van der Waals surface area contributed by atoms with Crippen LogP contribution in [0.3, 0.4) is 0 Å². The van der Waals surface area contributed by atoms with Gasteiger partial charge in [0.1, 0.15) is 17.5 Å².